The van der Waals surface area contributed by atoms with Crippen molar-refractivity contribution in [3.8, 4) is 0 Å². The van der Waals surface area contributed by atoms with Gasteiger partial charge in [-0.2, -0.15) is 4.31 Å². The number of hydrogen-bond acceptors (Lipinski definition) is 4. The largest absolute Gasteiger partial charge is 0.399 e. The zero-order chi connectivity index (χ0) is 14.9. The second-order valence-corrected chi connectivity index (χ2v) is 7.25. The molecule has 1 aromatic carbocycles. The van der Waals surface area contributed by atoms with Crippen LogP contribution in [0.5, 0.6) is 0 Å². The van der Waals surface area contributed by atoms with E-state index in [9.17, 15) is 8.42 Å². The molecular weight excluding hydrogens is 276 g/mol. The first-order valence-corrected chi connectivity index (χ1v) is 8.29. The molecule has 0 radical (unpaired) electrons. The van der Waals surface area contributed by atoms with Gasteiger partial charge in [0.1, 0.15) is 0 Å². The normalized spacial score (nSPS) is 24.8. The van der Waals surface area contributed by atoms with Crippen molar-refractivity contribution in [1.82, 2.24) is 4.31 Å². The molecule has 0 spiro atoms. The molecule has 1 aromatic rings. The van der Waals surface area contributed by atoms with E-state index in [2.05, 4.69) is 0 Å². The van der Waals surface area contributed by atoms with Gasteiger partial charge >= 0.3 is 0 Å². The van der Waals surface area contributed by atoms with Crippen molar-refractivity contribution in [2.45, 2.75) is 44.2 Å². The third-order valence-electron chi connectivity index (χ3n) is 3.57. The van der Waals surface area contributed by atoms with E-state index in [1.165, 1.54) is 6.07 Å². The molecular formula is C14H22N2O3S. The number of nitrogens with two attached hydrogens (primary N) is 1. The molecule has 0 saturated carbocycles. The zero-order valence-electron chi connectivity index (χ0n) is 12.2. The molecule has 2 N–H and O–H groups in total. The summed E-state index contributed by atoms with van der Waals surface area (Å²) >= 11 is 0. The summed E-state index contributed by atoms with van der Waals surface area (Å²) in [5.74, 6) is 0. The minimum absolute atomic E-state index is 0.0882. The lowest BCUT2D eigenvalue weighted by molar-refractivity contribution is -0.0230. The van der Waals surface area contributed by atoms with Crippen molar-refractivity contribution in [2.24, 2.45) is 0 Å². The molecule has 1 fully saturated rings. The molecule has 112 valence electrons. The summed E-state index contributed by atoms with van der Waals surface area (Å²) in [4.78, 5) is 0.266. The van der Waals surface area contributed by atoms with Gasteiger partial charge in [-0.25, -0.2) is 8.42 Å². The standard InChI is InChI=1S/C14H22N2O3S/c1-4-13-9-19-11(3)8-16(13)20(17,18)14-6-10(2)5-12(15)7-14/h5-7,11,13H,4,8-9,15H2,1-3H3. The number of ether oxygens (including phenoxy) is 1. The molecule has 0 aliphatic carbocycles. The van der Waals surface area contributed by atoms with Crippen LogP contribution in [-0.2, 0) is 14.8 Å². The molecule has 0 bridgehead atoms. The number of anilines is 1. The van der Waals surface area contributed by atoms with Crippen molar-refractivity contribution in [3.05, 3.63) is 23.8 Å². The van der Waals surface area contributed by atoms with Crippen molar-refractivity contribution >= 4 is 15.7 Å². The predicted octanol–water partition coefficient (Wildman–Crippen LogP) is 1.77. The third-order valence-corrected chi connectivity index (χ3v) is 5.46. The van der Waals surface area contributed by atoms with Gasteiger partial charge in [-0.3, -0.25) is 0 Å². The lowest BCUT2D eigenvalue weighted by Gasteiger charge is -2.37. The fraction of sp³-hybridized carbons (Fsp3) is 0.571. The molecule has 2 rings (SSSR count). The molecule has 2 atom stereocenters. The summed E-state index contributed by atoms with van der Waals surface area (Å²) in [5, 5.41) is 0. The first-order valence-electron chi connectivity index (χ1n) is 6.85. The summed E-state index contributed by atoms with van der Waals surface area (Å²) < 4.78 is 32.8. The van der Waals surface area contributed by atoms with Crippen molar-refractivity contribution in [2.75, 3.05) is 18.9 Å². The molecule has 0 aromatic heterocycles. The Kier molecular flexibility index (Phi) is 4.36. The maximum atomic E-state index is 12.8. The van der Waals surface area contributed by atoms with Crippen LogP contribution < -0.4 is 5.73 Å². The molecule has 1 saturated heterocycles. The second kappa shape index (κ2) is 5.71. The Bertz CT molecular complexity index is 566. The van der Waals surface area contributed by atoms with Crippen molar-refractivity contribution < 1.29 is 13.2 Å². The maximum Gasteiger partial charge on any atom is 0.243 e. The molecule has 1 heterocycles. The summed E-state index contributed by atoms with van der Waals surface area (Å²) in [5.41, 5.74) is 7.09. The van der Waals surface area contributed by atoms with Gasteiger partial charge in [0.2, 0.25) is 10.0 Å². The number of nitrogens with zero attached hydrogens (tertiary/aromatic N) is 1. The lowest BCUT2D eigenvalue weighted by Crippen LogP contribution is -2.51. The fourth-order valence-electron chi connectivity index (χ4n) is 2.49. The Hall–Kier alpha value is -1.11. The molecule has 2 unspecified atom stereocenters. The van der Waals surface area contributed by atoms with Crippen LogP contribution in [-0.4, -0.2) is 38.0 Å². The Morgan fingerprint density at radius 2 is 2.10 bits per heavy atom. The van der Waals surface area contributed by atoms with Crippen LogP contribution in [0.1, 0.15) is 25.8 Å². The van der Waals surface area contributed by atoms with Gasteiger partial charge in [0, 0.05) is 18.3 Å². The van der Waals surface area contributed by atoms with Crippen LogP contribution >= 0.6 is 0 Å². The zero-order valence-corrected chi connectivity index (χ0v) is 13.0. The Morgan fingerprint density at radius 3 is 2.70 bits per heavy atom. The monoisotopic (exact) mass is 298 g/mol. The first-order chi connectivity index (χ1) is 9.34. The maximum absolute atomic E-state index is 12.8. The van der Waals surface area contributed by atoms with Gasteiger partial charge in [0.25, 0.3) is 0 Å². The van der Waals surface area contributed by atoms with E-state index < -0.39 is 10.0 Å². The average molecular weight is 298 g/mol. The van der Waals surface area contributed by atoms with Crippen LogP contribution in [0.25, 0.3) is 0 Å². The molecule has 5 nitrogen and oxygen atoms in total. The van der Waals surface area contributed by atoms with Gasteiger partial charge in [0.05, 0.1) is 17.6 Å². The third kappa shape index (κ3) is 2.97. The Balaban J connectivity index is 2.41. The summed E-state index contributed by atoms with van der Waals surface area (Å²) in [6.45, 7) is 6.53. The fourth-order valence-corrected chi connectivity index (χ4v) is 4.39. The lowest BCUT2D eigenvalue weighted by atomic mass is 10.2. The van der Waals surface area contributed by atoms with Gasteiger partial charge in [-0.15, -0.1) is 0 Å². The Labute approximate surface area is 120 Å². The number of hydrogen-bond donors (Lipinski definition) is 1. The number of morpholine rings is 1. The van der Waals surface area contributed by atoms with Crippen molar-refractivity contribution in [1.29, 1.82) is 0 Å². The number of rotatable bonds is 3. The van der Waals surface area contributed by atoms with Gasteiger partial charge in [0.15, 0.2) is 0 Å². The number of sulfonamides is 1. The van der Waals surface area contributed by atoms with Gasteiger partial charge in [-0.05, 0) is 44.0 Å². The topological polar surface area (TPSA) is 72.6 Å². The molecule has 6 heteroatoms. The minimum atomic E-state index is -3.53. The van der Waals surface area contributed by atoms with Gasteiger partial charge < -0.3 is 10.5 Å². The number of nitrogen functional groups attached to an aromatic ring is 1. The van der Waals surface area contributed by atoms with E-state index in [0.717, 1.165) is 12.0 Å². The van der Waals surface area contributed by atoms with Crippen LogP contribution in [0, 0.1) is 6.92 Å². The molecule has 1 aliphatic heterocycles. The summed E-state index contributed by atoms with van der Waals surface area (Å²) in [6, 6.07) is 4.84. The Morgan fingerprint density at radius 1 is 1.40 bits per heavy atom. The van der Waals surface area contributed by atoms with E-state index >= 15 is 0 Å². The van der Waals surface area contributed by atoms with Crippen LogP contribution in [0.4, 0.5) is 5.69 Å². The number of aryl methyl sites for hydroxylation is 1. The quantitative estimate of drug-likeness (QED) is 0.863. The highest BCUT2D eigenvalue weighted by Gasteiger charge is 2.35. The number of benzene rings is 1. The minimum Gasteiger partial charge on any atom is -0.399 e. The molecule has 0 amide bonds. The highest BCUT2D eigenvalue weighted by Crippen LogP contribution is 2.26. The average Bonchev–Trinajstić information content (AvgIpc) is 2.37. The van der Waals surface area contributed by atoms with E-state index in [1.54, 1.807) is 16.4 Å². The first kappa shape index (κ1) is 15.3. The highest BCUT2D eigenvalue weighted by atomic mass is 32.2. The van der Waals surface area contributed by atoms with Crippen LogP contribution in [0.15, 0.2) is 23.1 Å². The van der Waals surface area contributed by atoms with Crippen molar-refractivity contribution in [3.63, 3.8) is 0 Å². The highest BCUT2D eigenvalue weighted by molar-refractivity contribution is 7.89. The van der Waals surface area contributed by atoms with E-state index in [0.29, 0.717) is 18.8 Å². The predicted molar refractivity (Wildman–Crippen MR) is 79.0 cm³/mol. The summed E-state index contributed by atoms with van der Waals surface area (Å²) in [6.07, 6.45) is 0.641. The van der Waals surface area contributed by atoms with E-state index in [-0.39, 0.29) is 17.0 Å². The molecule has 20 heavy (non-hydrogen) atoms. The van der Waals surface area contributed by atoms with Gasteiger partial charge in [-0.1, -0.05) is 6.92 Å². The van der Waals surface area contributed by atoms with Crippen LogP contribution in [0.2, 0.25) is 0 Å². The smallest absolute Gasteiger partial charge is 0.243 e. The van der Waals surface area contributed by atoms with E-state index in [1.807, 2.05) is 20.8 Å². The van der Waals surface area contributed by atoms with E-state index in [4.69, 9.17) is 10.5 Å². The molecule has 1 aliphatic rings. The SMILES string of the molecule is CCC1COC(C)CN1S(=O)(=O)c1cc(C)cc(N)c1. The summed E-state index contributed by atoms with van der Waals surface area (Å²) in [7, 11) is -3.53. The van der Waals surface area contributed by atoms with Crippen LogP contribution in [0.3, 0.4) is 0 Å². The second-order valence-electron chi connectivity index (χ2n) is 5.36.